The van der Waals surface area contributed by atoms with Gasteiger partial charge in [0.1, 0.15) is 6.54 Å². The van der Waals surface area contributed by atoms with Gasteiger partial charge in [0.25, 0.3) is 5.56 Å². The van der Waals surface area contributed by atoms with E-state index >= 15 is 0 Å². The summed E-state index contributed by atoms with van der Waals surface area (Å²) in [6.45, 7) is 2.74. The largest absolute Gasteiger partial charge is 0.327 e. The van der Waals surface area contributed by atoms with Crippen LogP contribution in [0.4, 0.5) is 0 Å². The first kappa shape index (κ1) is 13.6. The van der Waals surface area contributed by atoms with E-state index in [-0.39, 0.29) is 5.56 Å². The first-order valence-corrected chi connectivity index (χ1v) is 6.44. The summed E-state index contributed by atoms with van der Waals surface area (Å²) in [5.74, 6) is 0. The van der Waals surface area contributed by atoms with Crippen molar-refractivity contribution in [3.8, 4) is 5.69 Å². The molecule has 0 bridgehead atoms. The lowest BCUT2D eigenvalue weighted by atomic mass is 10.2. The average Bonchev–Trinajstić information content (AvgIpc) is 2.53. The molecule has 0 spiro atoms. The Balaban J connectivity index is 2.60. The molecule has 1 aromatic carbocycles. The third kappa shape index (κ3) is 2.63. The highest BCUT2D eigenvalue weighted by Gasteiger charge is 2.21. The Morgan fingerprint density at radius 3 is 2.21 bits per heavy atom. The molecule has 1 aromatic heterocycles. The predicted octanol–water partition coefficient (Wildman–Crippen LogP) is 1.69. The molecule has 4 nitrogen and oxygen atoms in total. The van der Waals surface area contributed by atoms with Gasteiger partial charge in [0.15, 0.2) is 0 Å². The van der Waals surface area contributed by atoms with Gasteiger partial charge in [-0.1, -0.05) is 18.2 Å². The minimum atomic E-state index is 0.0826. The number of aromatic nitrogens is 2. The summed E-state index contributed by atoms with van der Waals surface area (Å²) in [5.41, 5.74) is 2.91. The topological polar surface area (TPSA) is 26.9 Å². The highest BCUT2D eigenvalue weighted by Crippen LogP contribution is 2.12. The lowest BCUT2D eigenvalue weighted by Gasteiger charge is -2.23. The molecule has 0 unspecified atom stereocenters. The number of rotatable bonds is 3. The molecule has 0 radical (unpaired) electrons. The summed E-state index contributed by atoms with van der Waals surface area (Å²) in [6, 6.07) is 9.76. The summed E-state index contributed by atoms with van der Waals surface area (Å²) in [7, 11) is 8.22. The Morgan fingerprint density at radius 2 is 1.68 bits per heavy atom. The molecule has 0 fully saturated rings. The van der Waals surface area contributed by atoms with E-state index in [1.54, 1.807) is 4.68 Å². The highest BCUT2D eigenvalue weighted by atomic mass is 16.1. The van der Waals surface area contributed by atoms with Crippen molar-refractivity contribution in [1.29, 1.82) is 0 Å². The fourth-order valence-electron chi connectivity index (χ4n) is 2.28. The van der Waals surface area contributed by atoms with Crippen LogP contribution in [0.15, 0.2) is 35.1 Å². The molecule has 0 saturated carbocycles. The van der Waals surface area contributed by atoms with Crippen molar-refractivity contribution < 1.29 is 4.48 Å². The smallest absolute Gasteiger partial charge is 0.280 e. The number of hydrogen-bond donors (Lipinski definition) is 0. The molecule has 0 atom stereocenters. The molecule has 0 amide bonds. The summed E-state index contributed by atoms with van der Waals surface area (Å²) in [5, 5.41) is 0. The fraction of sp³-hybridized carbons (Fsp3) is 0.400. The number of para-hydroxylation sites is 1. The van der Waals surface area contributed by atoms with Crippen molar-refractivity contribution >= 4 is 0 Å². The second-order valence-electron chi connectivity index (χ2n) is 5.99. The van der Waals surface area contributed by atoms with Crippen molar-refractivity contribution in [3.63, 3.8) is 0 Å². The molecular weight excluding hydrogens is 238 g/mol. The van der Waals surface area contributed by atoms with Gasteiger partial charge in [0.2, 0.25) is 0 Å². The molecule has 0 saturated heterocycles. The molecule has 102 valence electrons. The molecule has 0 N–H and O–H groups in total. The van der Waals surface area contributed by atoms with Crippen LogP contribution in [0.5, 0.6) is 0 Å². The van der Waals surface area contributed by atoms with Crippen molar-refractivity contribution in [1.82, 2.24) is 9.36 Å². The van der Waals surface area contributed by atoms with E-state index in [9.17, 15) is 4.79 Å². The molecule has 0 aliphatic heterocycles. The second-order valence-corrected chi connectivity index (χ2v) is 5.99. The summed E-state index contributed by atoms with van der Waals surface area (Å²) in [6.07, 6.45) is 0. The second kappa shape index (κ2) is 4.70. The fourth-order valence-corrected chi connectivity index (χ4v) is 2.28. The van der Waals surface area contributed by atoms with E-state index in [2.05, 4.69) is 21.1 Å². The maximum atomic E-state index is 12.6. The van der Waals surface area contributed by atoms with Crippen LogP contribution >= 0.6 is 0 Å². The molecule has 1 heterocycles. The maximum absolute atomic E-state index is 12.6. The van der Waals surface area contributed by atoms with Crippen LogP contribution in [0.2, 0.25) is 0 Å². The van der Waals surface area contributed by atoms with Gasteiger partial charge in [-0.05, 0) is 19.1 Å². The van der Waals surface area contributed by atoms with E-state index in [0.717, 1.165) is 28.0 Å². The summed E-state index contributed by atoms with van der Waals surface area (Å²) >= 11 is 0. The van der Waals surface area contributed by atoms with E-state index in [1.165, 1.54) is 0 Å². The van der Waals surface area contributed by atoms with E-state index in [1.807, 2.05) is 49.0 Å². The number of benzene rings is 1. The van der Waals surface area contributed by atoms with E-state index in [4.69, 9.17) is 0 Å². The van der Waals surface area contributed by atoms with Gasteiger partial charge in [-0.15, -0.1) is 0 Å². The van der Waals surface area contributed by atoms with Crippen LogP contribution in [0.1, 0.15) is 11.3 Å². The van der Waals surface area contributed by atoms with Gasteiger partial charge >= 0.3 is 0 Å². The molecule has 0 aliphatic carbocycles. The Labute approximate surface area is 114 Å². The van der Waals surface area contributed by atoms with Crippen LogP contribution in [0, 0.1) is 6.92 Å². The van der Waals surface area contributed by atoms with Crippen LogP contribution in [-0.2, 0) is 13.6 Å². The zero-order chi connectivity index (χ0) is 14.2. The molecular formula is C15H22N3O+. The first-order valence-electron chi connectivity index (χ1n) is 6.44. The minimum absolute atomic E-state index is 0.0826. The highest BCUT2D eigenvalue weighted by molar-refractivity contribution is 5.33. The third-order valence-corrected chi connectivity index (χ3v) is 3.31. The SMILES string of the molecule is Cc1c(C[N+](C)(C)C)c(=O)n(-c2ccccc2)n1C. The first-order chi connectivity index (χ1) is 8.81. The summed E-state index contributed by atoms with van der Waals surface area (Å²) in [4.78, 5) is 12.6. The zero-order valence-corrected chi connectivity index (χ0v) is 12.3. The molecule has 19 heavy (non-hydrogen) atoms. The number of nitrogens with zero attached hydrogens (tertiary/aromatic N) is 3. The van der Waals surface area contributed by atoms with Gasteiger partial charge in [-0.2, -0.15) is 0 Å². The van der Waals surface area contributed by atoms with Crippen molar-refractivity contribution in [2.75, 3.05) is 21.1 Å². The maximum Gasteiger partial charge on any atom is 0.280 e. The quantitative estimate of drug-likeness (QED) is 0.772. The summed E-state index contributed by atoms with van der Waals surface area (Å²) < 4.78 is 4.41. The van der Waals surface area contributed by atoms with Crippen molar-refractivity contribution in [2.45, 2.75) is 13.5 Å². The predicted molar refractivity (Wildman–Crippen MR) is 77.5 cm³/mol. The Hall–Kier alpha value is -1.81. The molecule has 2 rings (SSSR count). The third-order valence-electron chi connectivity index (χ3n) is 3.31. The monoisotopic (exact) mass is 260 g/mol. The normalized spacial score (nSPS) is 11.8. The standard InChI is InChI=1S/C15H22N3O/c1-12-14(11-18(3,4)5)15(19)17(16(12)2)13-9-7-6-8-10-13/h6-10H,11H2,1-5H3/q+1. The van der Waals surface area contributed by atoms with Crippen molar-refractivity contribution in [2.24, 2.45) is 7.05 Å². The van der Waals surface area contributed by atoms with Gasteiger partial charge in [-0.3, -0.25) is 9.48 Å². The molecule has 2 aromatic rings. The number of hydrogen-bond acceptors (Lipinski definition) is 1. The van der Waals surface area contributed by atoms with Gasteiger partial charge in [0.05, 0.1) is 32.4 Å². The van der Waals surface area contributed by atoms with Gasteiger partial charge in [0, 0.05) is 12.7 Å². The molecule has 4 heteroatoms. The minimum Gasteiger partial charge on any atom is -0.327 e. The average molecular weight is 260 g/mol. The zero-order valence-electron chi connectivity index (χ0n) is 12.3. The van der Waals surface area contributed by atoms with Crippen LogP contribution in [0.3, 0.4) is 0 Å². The Morgan fingerprint density at radius 1 is 1.11 bits per heavy atom. The van der Waals surface area contributed by atoms with E-state index < -0.39 is 0 Å². The molecule has 0 aliphatic rings. The Kier molecular flexibility index (Phi) is 3.37. The number of quaternary nitrogens is 1. The lowest BCUT2D eigenvalue weighted by molar-refractivity contribution is -0.884. The van der Waals surface area contributed by atoms with Crippen molar-refractivity contribution in [3.05, 3.63) is 51.9 Å². The van der Waals surface area contributed by atoms with Crippen LogP contribution in [0.25, 0.3) is 5.69 Å². The Bertz CT molecular complexity index is 630. The van der Waals surface area contributed by atoms with Gasteiger partial charge in [-0.25, -0.2) is 4.68 Å². The van der Waals surface area contributed by atoms with E-state index in [0.29, 0.717) is 0 Å². The van der Waals surface area contributed by atoms with Crippen LogP contribution in [-0.4, -0.2) is 35.0 Å². The lowest BCUT2D eigenvalue weighted by Crippen LogP contribution is -2.35. The van der Waals surface area contributed by atoms with Crippen LogP contribution < -0.4 is 5.56 Å². The van der Waals surface area contributed by atoms with Gasteiger partial charge < -0.3 is 4.48 Å².